The number of ether oxygens (including phenoxy) is 2. The number of alkyl carbamates (subject to hydrolysis) is 1. The van der Waals surface area contributed by atoms with Gasteiger partial charge in [-0.1, -0.05) is 71.9 Å². The Labute approximate surface area is 247 Å². The summed E-state index contributed by atoms with van der Waals surface area (Å²) in [5, 5.41) is 4.01. The molecule has 2 heterocycles. The topological polar surface area (TPSA) is 80.8 Å². The lowest BCUT2D eigenvalue weighted by Gasteiger charge is -2.31. The van der Waals surface area contributed by atoms with E-state index in [9.17, 15) is 9.59 Å². The van der Waals surface area contributed by atoms with E-state index in [1.807, 2.05) is 36.4 Å². The number of hydrogen-bond acceptors (Lipinski definition) is 7. The van der Waals surface area contributed by atoms with Crippen LogP contribution in [0, 0.1) is 0 Å². The standard InChI is InChI=1S/C32H28ClN3O4S/c33-28-11-12-29(36-14-16-39-17-15-36)26(30(28)41-31-21(19-37)6-5-13-34-31)18-35-32(38)40-20-27-24-9-3-1-7-22(24)23-8-2-4-10-25(23)27/h1-13,19,27H,14-18,20H2,(H,35,38). The van der Waals surface area contributed by atoms with Crippen molar-refractivity contribution in [3.63, 3.8) is 0 Å². The van der Waals surface area contributed by atoms with E-state index in [-0.39, 0.29) is 19.1 Å². The molecule has 2 aliphatic rings. The number of pyridine rings is 1. The number of anilines is 1. The Balaban J connectivity index is 1.23. The largest absolute Gasteiger partial charge is 0.449 e. The van der Waals surface area contributed by atoms with Crippen molar-refractivity contribution in [3.05, 3.63) is 106 Å². The summed E-state index contributed by atoms with van der Waals surface area (Å²) in [5.74, 6) is -0.0275. The fourth-order valence-corrected chi connectivity index (χ4v) is 6.75. The highest BCUT2D eigenvalue weighted by Gasteiger charge is 2.29. The van der Waals surface area contributed by atoms with Crippen molar-refractivity contribution < 1.29 is 19.1 Å². The zero-order valence-electron chi connectivity index (χ0n) is 22.2. The van der Waals surface area contributed by atoms with Crippen LogP contribution in [0.1, 0.15) is 33.0 Å². The highest BCUT2D eigenvalue weighted by Crippen LogP contribution is 2.45. The van der Waals surface area contributed by atoms with Crippen molar-refractivity contribution in [2.45, 2.75) is 22.4 Å². The quantitative estimate of drug-likeness (QED) is 0.234. The SMILES string of the molecule is O=Cc1cccnc1Sc1c(Cl)ccc(N2CCOCC2)c1CNC(=O)OCC1c2ccccc2-c2ccccc21. The van der Waals surface area contributed by atoms with Crippen LogP contribution in [0.2, 0.25) is 5.02 Å². The minimum atomic E-state index is -0.512. The first kappa shape index (κ1) is 27.3. The van der Waals surface area contributed by atoms with Gasteiger partial charge in [0.2, 0.25) is 0 Å². The summed E-state index contributed by atoms with van der Waals surface area (Å²) in [6.07, 6.45) is 1.91. The third-order valence-corrected chi connectivity index (χ3v) is 9.05. The van der Waals surface area contributed by atoms with Gasteiger partial charge in [-0.3, -0.25) is 4.79 Å². The Morgan fingerprint density at radius 3 is 2.44 bits per heavy atom. The van der Waals surface area contributed by atoms with Gasteiger partial charge in [-0.05, 0) is 46.5 Å². The molecule has 1 aliphatic heterocycles. The zero-order chi connectivity index (χ0) is 28.2. The fraction of sp³-hybridized carbons (Fsp3) is 0.219. The molecular formula is C32H28ClN3O4S. The van der Waals surface area contributed by atoms with Gasteiger partial charge < -0.3 is 19.7 Å². The molecule has 1 fully saturated rings. The number of amides is 1. The van der Waals surface area contributed by atoms with Crippen molar-refractivity contribution >= 4 is 41.4 Å². The Hall–Kier alpha value is -3.85. The van der Waals surface area contributed by atoms with E-state index >= 15 is 0 Å². The first-order chi connectivity index (χ1) is 20.1. The molecule has 1 aromatic heterocycles. The molecule has 7 nitrogen and oxygen atoms in total. The molecule has 0 unspecified atom stereocenters. The maximum Gasteiger partial charge on any atom is 0.407 e. The number of nitrogens with zero attached hydrogens (tertiary/aromatic N) is 2. The van der Waals surface area contributed by atoms with Crippen LogP contribution in [0.15, 0.2) is 88.9 Å². The van der Waals surface area contributed by atoms with Crippen LogP contribution >= 0.6 is 23.4 Å². The second-order valence-electron chi connectivity index (χ2n) is 9.77. The molecular weight excluding hydrogens is 558 g/mol. The van der Waals surface area contributed by atoms with Gasteiger partial charge in [0.1, 0.15) is 11.6 Å². The lowest BCUT2D eigenvalue weighted by Crippen LogP contribution is -2.37. The summed E-state index contributed by atoms with van der Waals surface area (Å²) in [4.78, 5) is 32.1. The normalized spacial score (nSPS) is 14.3. The van der Waals surface area contributed by atoms with Crippen molar-refractivity contribution in [1.82, 2.24) is 10.3 Å². The van der Waals surface area contributed by atoms with Gasteiger partial charge in [-0.25, -0.2) is 9.78 Å². The first-order valence-corrected chi connectivity index (χ1v) is 14.6. The molecule has 0 saturated carbocycles. The second-order valence-corrected chi connectivity index (χ2v) is 11.2. The molecule has 208 valence electrons. The molecule has 41 heavy (non-hydrogen) atoms. The summed E-state index contributed by atoms with van der Waals surface area (Å²) in [6.45, 7) is 3.07. The number of carbonyl (C=O) groups excluding carboxylic acids is 2. The van der Waals surface area contributed by atoms with Gasteiger partial charge in [0.15, 0.2) is 6.29 Å². The van der Waals surface area contributed by atoms with Gasteiger partial charge in [-0.2, -0.15) is 0 Å². The number of rotatable bonds is 8. The molecule has 6 rings (SSSR count). The molecule has 0 bridgehead atoms. The molecule has 0 atom stereocenters. The minimum absolute atomic E-state index is 0.0275. The number of carbonyl (C=O) groups is 2. The average molecular weight is 586 g/mol. The van der Waals surface area contributed by atoms with E-state index in [0.29, 0.717) is 41.9 Å². The Bertz CT molecular complexity index is 1550. The van der Waals surface area contributed by atoms with E-state index in [0.717, 1.165) is 33.6 Å². The van der Waals surface area contributed by atoms with Crippen molar-refractivity contribution in [3.8, 4) is 11.1 Å². The first-order valence-electron chi connectivity index (χ1n) is 13.4. The van der Waals surface area contributed by atoms with Gasteiger partial charge >= 0.3 is 6.09 Å². The lowest BCUT2D eigenvalue weighted by molar-refractivity contribution is 0.112. The molecule has 0 spiro atoms. The molecule has 1 amide bonds. The van der Waals surface area contributed by atoms with Gasteiger partial charge in [0.05, 0.1) is 18.2 Å². The summed E-state index contributed by atoms with van der Waals surface area (Å²) in [5.41, 5.74) is 6.93. The Kier molecular flexibility index (Phi) is 8.23. The molecule has 3 aromatic carbocycles. The van der Waals surface area contributed by atoms with E-state index in [4.69, 9.17) is 21.1 Å². The monoisotopic (exact) mass is 585 g/mol. The smallest absolute Gasteiger partial charge is 0.407 e. The zero-order valence-corrected chi connectivity index (χ0v) is 23.8. The minimum Gasteiger partial charge on any atom is -0.449 e. The van der Waals surface area contributed by atoms with Crippen LogP contribution in [0.5, 0.6) is 0 Å². The predicted molar refractivity (Wildman–Crippen MR) is 160 cm³/mol. The van der Waals surface area contributed by atoms with Crippen molar-refractivity contribution in [1.29, 1.82) is 0 Å². The Morgan fingerprint density at radius 1 is 1.02 bits per heavy atom. The van der Waals surface area contributed by atoms with E-state index in [1.165, 1.54) is 22.9 Å². The second kappa shape index (κ2) is 12.3. The summed E-state index contributed by atoms with van der Waals surface area (Å²) in [7, 11) is 0. The lowest BCUT2D eigenvalue weighted by atomic mass is 9.98. The highest BCUT2D eigenvalue weighted by atomic mass is 35.5. The molecule has 9 heteroatoms. The van der Waals surface area contributed by atoms with Crippen LogP contribution in [0.25, 0.3) is 11.1 Å². The maximum absolute atomic E-state index is 13.1. The van der Waals surface area contributed by atoms with Crippen molar-refractivity contribution in [2.24, 2.45) is 0 Å². The Morgan fingerprint density at radius 2 is 1.73 bits per heavy atom. The highest BCUT2D eigenvalue weighted by molar-refractivity contribution is 7.99. The van der Waals surface area contributed by atoms with E-state index in [1.54, 1.807) is 18.3 Å². The molecule has 1 saturated heterocycles. The predicted octanol–water partition coefficient (Wildman–Crippen LogP) is 6.57. The number of nitrogens with one attached hydrogen (secondary N) is 1. The van der Waals surface area contributed by atoms with Gasteiger partial charge in [-0.15, -0.1) is 0 Å². The van der Waals surface area contributed by atoms with Crippen LogP contribution < -0.4 is 10.2 Å². The van der Waals surface area contributed by atoms with Crippen LogP contribution in [0.3, 0.4) is 0 Å². The van der Waals surface area contributed by atoms with E-state index < -0.39 is 6.09 Å². The number of aromatic nitrogens is 1. The van der Waals surface area contributed by atoms with Crippen molar-refractivity contribution in [2.75, 3.05) is 37.8 Å². The number of benzene rings is 3. The molecule has 0 radical (unpaired) electrons. The third-order valence-electron chi connectivity index (χ3n) is 7.42. The summed E-state index contributed by atoms with van der Waals surface area (Å²) >= 11 is 8.04. The third kappa shape index (κ3) is 5.68. The van der Waals surface area contributed by atoms with Crippen LogP contribution in [0.4, 0.5) is 10.5 Å². The molecule has 1 N–H and O–H groups in total. The number of halogens is 1. The number of aldehydes is 1. The molecule has 1 aliphatic carbocycles. The summed E-state index contributed by atoms with van der Waals surface area (Å²) in [6, 6.07) is 23.7. The van der Waals surface area contributed by atoms with Crippen LogP contribution in [-0.2, 0) is 16.0 Å². The van der Waals surface area contributed by atoms with E-state index in [2.05, 4.69) is 39.5 Å². The number of fused-ring (bicyclic) bond motifs is 3. The molecule has 4 aromatic rings. The average Bonchev–Trinajstić information content (AvgIpc) is 3.34. The van der Waals surface area contributed by atoms with Gasteiger partial charge in [0, 0.05) is 53.5 Å². The maximum atomic E-state index is 13.1. The van der Waals surface area contributed by atoms with Gasteiger partial charge in [0.25, 0.3) is 0 Å². The number of hydrogen-bond donors (Lipinski definition) is 1. The fourth-order valence-electron chi connectivity index (χ4n) is 5.46. The van der Waals surface area contributed by atoms with Crippen LogP contribution in [-0.4, -0.2) is 50.3 Å². The summed E-state index contributed by atoms with van der Waals surface area (Å²) < 4.78 is 11.3. The number of morpholine rings is 1.